The lowest BCUT2D eigenvalue weighted by atomic mass is 10.2. The molecule has 0 atom stereocenters. The molecule has 3 N–H and O–H groups in total. The van der Waals surface area contributed by atoms with Crippen LogP contribution in [0.2, 0.25) is 0 Å². The predicted molar refractivity (Wildman–Crippen MR) is 79.0 cm³/mol. The fourth-order valence-corrected chi connectivity index (χ4v) is 3.19. The maximum Gasteiger partial charge on any atom is 0.286 e. The number of anilines is 1. The van der Waals surface area contributed by atoms with Crippen LogP contribution < -0.4 is 11.1 Å². The number of primary amides is 1. The number of thiophene rings is 1. The molecule has 20 heavy (non-hydrogen) atoms. The van der Waals surface area contributed by atoms with Gasteiger partial charge in [0.1, 0.15) is 5.69 Å². The van der Waals surface area contributed by atoms with E-state index < -0.39 is 5.91 Å². The molecular formula is C14H12N2O3S. The zero-order chi connectivity index (χ0) is 14.3. The lowest BCUT2D eigenvalue weighted by Crippen LogP contribution is -2.16. The smallest absolute Gasteiger partial charge is 0.286 e. The number of hydrogen-bond acceptors (Lipinski definition) is 4. The summed E-state index contributed by atoms with van der Waals surface area (Å²) in [5.74, 6) is -0.879. The van der Waals surface area contributed by atoms with Crippen molar-refractivity contribution in [2.75, 3.05) is 5.32 Å². The fourth-order valence-electron chi connectivity index (χ4n) is 2.06. The van der Waals surface area contributed by atoms with E-state index in [-0.39, 0.29) is 11.7 Å². The summed E-state index contributed by atoms with van der Waals surface area (Å²) in [4.78, 5) is 23.1. The Hall–Kier alpha value is -2.34. The van der Waals surface area contributed by atoms with Gasteiger partial charge in [0, 0.05) is 16.5 Å². The third kappa shape index (κ3) is 1.85. The number of carbonyl (C=O) groups is 2. The van der Waals surface area contributed by atoms with Crippen LogP contribution in [0.25, 0.3) is 20.4 Å². The van der Waals surface area contributed by atoms with Crippen molar-refractivity contribution in [1.29, 1.82) is 0 Å². The number of amides is 2. The molecule has 2 heterocycles. The number of benzene rings is 1. The van der Waals surface area contributed by atoms with Crippen LogP contribution in [-0.4, -0.2) is 11.8 Å². The van der Waals surface area contributed by atoms with Gasteiger partial charge in [0.15, 0.2) is 5.58 Å². The summed E-state index contributed by atoms with van der Waals surface area (Å²) in [5, 5.41) is 3.61. The number of furan rings is 1. The lowest BCUT2D eigenvalue weighted by Gasteiger charge is -2.01. The lowest BCUT2D eigenvalue weighted by molar-refractivity contribution is -0.115. The van der Waals surface area contributed by atoms with E-state index in [0.717, 1.165) is 14.8 Å². The average molecular weight is 288 g/mol. The summed E-state index contributed by atoms with van der Waals surface area (Å²) < 4.78 is 7.35. The maximum absolute atomic E-state index is 11.6. The highest BCUT2D eigenvalue weighted by Crippen LogP contribution is 2.42. The first kappa shape index (κ1) is 12.7. The number of nitrogens with two attached hydrogens (primary N) is 1. The summed E-state index contributed by atoms with van der Waals surface area (Å²) >= 11 is 1.46. The molecule has 0 bridgehead atoms. The predicted octanol–water partition coefficient (Wildman–Crippen LogP) is 3.09. The van der Waals surface area contributed by atoms with Gasteiger partial charge in [-0.05, 0) is 12.1 Å². The summed E-state index contributed by atoms with van der Waals surface area (Å²) in [6, 6.07) is 7.70. The van der Waals surface area contributed by atoms with Crippen LogP contribution in [0.15, 0.2) is 28.7 Å². The molecule has 1 aromatic carbocycles. The van der Waals surface area contributed by atoms with E-state index in [1.54, 1.807) is 6.92 Å². The third-order valence-corrected chi connectivity index (χ3v) is 4.19. The zero-order valence-corrected chi connectivity index (χ0v) is 11.5. The summed E-state index contributed by atoms with van der Waals surface area (Å²) in [6.07, 6.45) is 0.315. The molecule has 2 aromatic heterocycles. The molecule has 0 radical (unpaired) electrons. The summed E-state index contributed by atoms with van der Waals surface area (Å²) in [5.41, 5.74) is 6.28. The molecule has 102 valence electrons. The minimum Gasteiger partial charge on any atom is -0.447 e. The topological polar surface area (TPSA) is 85.3 Å². The highest BCUT2D eigenvalue weighted by Gasteiger charge is 2.23. The quantitative estimate of drug-likeness (QED) is 0.776. The standard InChI is InChI=1S/C14H12N2O3S/c1-2-9(17)16-10-12(14(15)18)19-11-7-5-3-4-6-8(7)20-13(10)11/h3-6H,2H2,1H3,(H2,15,18)(H,16,17). The van der Waals surface area contributed by atoms with Crippen LogP contribution in [-0.2, 0) is 4.79 Å². The molecule has 0 unspecified atom stereocenters. The molecule has 0 saturated carbocycles. The van der Waals surface area contributed by atoms with Gasteiger partial charge in [-0.2, -0.15) is 0 Å². The summed E-state index contributed by atoms with van der Waals surface area (Å²) in [7, 11) is 0. The van der Waals surface area contributed by atoms with Gasteiger partial charge in [-0.25, -0.2) is 0 Å². The molecular weight excluding hydrogens is 276 g/mol. The van der Waals surface area contributed by atoms with Gasteiger partial charge in [-0.15, -0.1) is 11.3 Å². The van der Waals surface area contributed by atoms with Crippen molar-refractivity contribution in [3.63, 3.8) is 0 Å². The Morgan fingerprint density at radius 1 is 1.35 bits per heavy atom. The van der Waals surface area contributed by atoms with Gasteiger partial charge in [0.2, 0.25) is 11.7 Å². The van der Waals surface area contributed by atoms with Gasteiger partial charge < -0.3 is 15.5 Å². The molecule has 0 aliphatic carbocycles. The number of carbonyl (C=O) groups excluding carboxylic acids is 2. The highest BCUT2D eigenvalue weighted by atomic mass is 32.1. The first-order chi connectivity index (χ1) is 9.61. The van der Waals surface area contributed by atoms with Gasteiger partial charge in [0.05, 0.1) is 4.70 Å². The Morgan fingerprint density at radius 3 is 2.80 bits per heavy atom. The van der Waals surface area contributed by atoms with Crippen molar-refractivity contribution in [2.24, 2.45) is 5.73 Å². The van der Waals surface area contributed by atoms with E-state index in [2.05, 4.69) is 5.32 Å². The Morgan fingerprint density at radius 2 is 2.10 bits per heavy atom. The van der Waals surface area contributed by atoms with Crippen molar-refractivity contribution in [1.82, 2.24) is 0 Å². The molecule has 0 aliphatic rings. The number of hydrogen-bond donors (Lipinski definition) is 2. The Kier molecular flexibility index (Phi) is 2.94. The molecule has 0 aliphatic heterocycles. The van der Waals surface area contributed by atoms with E-state index in [1.165, 1.54) is 11.3 Å². The van der Waals surface area contributed by atoms with Gasteiger partial charge in [-0.3, -0.25) is 9.59 Å². The van der Waals surface area contributed by atoms with Crippen molar-refractivity contribution < 1.29 is 14.0 Å². The number of fused-ring (bicyclic) bond motifs is 3. The van der Waals surface area contributed by atoms with E-state index in [4.69, 9.17) is 10.2 Å². The van der Waals surface area contributed by atoms with Gasteiger partial charge in [-0.1, -0.05) is 19.1 Å². The van der Waals surface area contributed by atoms with Crippen LogP contribution in [0.5, 0.6) is 0 Å². The largest absolute Gasteiger partial charge is 0.447 e. The molecule has 3 rings (SSSR count). The van der Waals surface area contributed by atoms with Crippen LogP contribution >= 0.6 is 11.3 Å². The highest BCUT2D eigenvalue weighted by molar-refractivity contribution is 7.26. The van der Waals surface area contributed by atoms with Crippen molar-refractivity contribution in [3.05, 3.63) is 30.0 Å². The van der Waals surface area contributed by atoms with E-state index in [1.807, 2.05) is 24.3 Å². The molecule has 0 fully saturated rings. The molecule has 5 nitrogen and oxygen atoms in total. The molecule has 0 spiro atoms. The number of rotatable bonds is 3. The Balaban J connectivity index is 2.30. The SMILES string of the molecule is CCC(=O)Nc1c(C(N)=O)oc2c1sc1ccccc12. The first-order valence-corrected chi connectivity index (χ1v) is 6.97. The minimum atomic E-state index is -0.691. The summed E-state index contributed by atoms with van der Waals surface area (Å²) in [6.45, 7) is 1.74. The fraction of sp³-hybridized carbons (Fsp3) is 0.143. The van der Waals surface area contributed by atoms with Gasteiger partial charge >= 0.3 is 0 Å². The van der Waals surface area contributed by atoms with Crippen LogP contribution in [0.1, 0.15) is 23.9 Å². The monoisotopic (exact) mass is 288 g/mol. The average Bonchev–Trinajstić information content (AvgIpc) is 2.96. The Labute approximate surface area is 118 Å². The second kappa shape index (κ2) is 4.64. The van der Waals surface area contributed by atoms with E-state index >= 15 is 0 Å². The molecule has 3 aromatic rings. The van der Waals surface area contributed by atoms with E-state index in [0.29, 0.717) is 17.7 Å². The Bertz CT molecular complexity index is 832. The van der Waals surface area contributed by atoms with Gasteiger partial charge in [0.25, 0.3) is 5.91 Å². The van der Waals surface area contributed by atoms with Crippen LogP contribution in [0.3, 0.4) is 0 Å². The maximum atomic E-state index is 11.6. The number of nitrogens with one attached hydrogen (secondary N) is 1. The van der Waals surface area contributed by atoms with Crippen molar-refractivity contribution in [3.8, 4) is 0 Å². The normalized spacial score (nSPS) is 11.1. The van der Waals surface area contributed by atoms with Crippen LogP contribution in [0.4, 0.5) is 5.69 Å². The van der Waals surface area contributed by atoms with Crippen molar-refractivity contribution in [2.45, 2.75) is 13.3 Å². The molecule has 2 amide bonds. The second-order valence-corrected chi connectivity index (χ2v) is 5.38. The third-order valence-electron chi connectivity index (χ3n) is 3.02. The molecule has 0 saturated heterocycles. The van der Waals surface area contributed by atoms with Crippen molar-refractivity contribution >= 4 is 49.2 Å². The van der Waals surface area contributed by atoms with E-state index in [9.17, 15) is 9.59 Å². The first-order valence-electron chi connectivity index (χ1n) is 6.15. The van der Waals surface area contributed by atoms with Crippen LogP contribution in [0, 0.1) is 0 Å². The zero-order valence-electron chi connectivity index (χ0n) is 10.7. The second-order valence-electron chi connectivity index (χ2n) is 4.33. The molecule has 6 heteroatoms. The minimum absolute atomic E-state index is 0.00111.